The normalized spacial score (nSPS) is 13.8. The van der Waals surface area contributed by atoms with Gasteiger partial charge in [0.25, 0.3) is 6.71 Å². The maximum atomic E-state index is 2.78. The Bertz CT molecular complexity index is 4940. The first-order chi connectivity index (χ1) is 41.8. The molecular weight excluding hydrogens is 1100 g/mol. The largest absolute Gasteiger partial charge is 0.311 e. The predicted molar refractivity (Wildman–Crippen MR) is 387 cm³/mol. The average Bonchev–Trinajstić information content (AvgIpc) is 1.30. The quantitative estimate of drug-likeness (QED) is 0.159. The van der Waals surface area contributed by atoms with Crippen LogP contribution in [-0.2, 0) is 27.1 Å². The Kier molecular flexibility index (Phi) is 12.6. The molecule has 2 aliphatic heterocycles. The lowest BCUT2D eigenvalue weighted by Crippen LogP contribution is -2.60. The predicted octanol–water partition coefficient (Wildman–Crippen LogP) is 22.3. The van der Waals surface area contributed by atoms with Crippen molar-refractivity contribution < 1.29 is 0 Å². The van der Waals surface area contributed by atoms with Gasteiger partial charge in [-0.15, -0.1) is 22.7 Å². The van der Waals surface area contributed by atoms with E-state index in [0.29, 0.717) is 0 Å². The number of aromatic nitrogens is 1. The van der Waals surface area contributed by atoms with E-state index in [0.717, 1.165) is 5.69 Å². The highest BCUT2D eigenvalue weighted by Gasteiger charge is 2.48. The molecule has 0 unspecified atom stereocenters. The highest BCUT2D eigenvalue weighted by Crippen LogP contribution is 2.56. The summed E-state index contributed by atoms with van der Waals surface area (Å²) in [6.45, 7) is 35.0. The molecule has 0 fully saturated rings. The number of anilines is 6. The van der Waals surface area contributed by atoms with Crippen LogP contribution in [0.25, 0.3) is 80.0 Å². The Morgan fingerprint density at radius 1 is 0.330 bits per heavy atom. The molecule has 0 aliphatic carbocycles. The number of nitrogens with zero attached hydrogens (tertiary/aromatic N) is 3. The van der Waals surface area contributed by atoms with Crippen LogP contribution in [0.15, 0.2) is 200 Å². The van der Waals surface area contributed by atoms with Gasteiger partial charge in [-0.3, -0.25) is 0 Å². The summed E-state index contributed by atoms with van der Waals surface area (Å²) in [6, 6.07) is 78.3. The smallest absolute Gasteiger partial charge is 0.264 e. The Morgan fingerprint density at radius 3 is 1.33 bits per heavy atom. The van der Waals surface area contributed by atoms with Gasteiger partial charge >= 0.3 is 0 Å². The SMILES string of the molecule is CC(C)(C)c1ccc(-c2cc(C(C)(C)C)ccc2N2c3ccc(-n4c5ccccc5c5ccccc54)cc3B3c4sc5ccc(C(C)(C)C)cc5c4N(c4ccc(C(C)(C)C)cc4-c4ccc(C(C)(C)C)cc4)c4c3c2cc2c4sc3ccccc32)cc1. The van der Waals surface area contributed by atoms with E-state index >= 15 is 0 Å². The Morgan fingerprint density at radius 2 is 0.784 bits per heavy atom. The fraction of sp³-hybridized carbons (Fsp3) is 0.244. The highest BCUT2D eigenvalue weighted by atomic mass is 32.1. The number of rotatable bonds is 5. The van der Waals surface area contributed by atoms with Crippen molar-refractivity contribution in [2.45, 2.75) is 131 Å². The topological polar surface area (TPSA) is 11.4 Å². The molecule has 436 valence electrons. The van der Waals surface area contributed by atoms with Crippen molar-refractivity contribution in [2.24, 2.45) is 0 Å². The van der Waals surface area contributed by atoms with E-state index in [-0.39, 0.29) is 33.8 Å². The number of benzene rings is 10. The van der Waals surface area contributed by atoms with Gasteiger partial charge in [-0.1, -0.05) is 225 Å². The van der Waals surface area contributed by atoms with E-state index in [2.05, 4.69) is 318 Å². The first-order valence-electron chi connectivity index (χ1n) is 31.6. The van der Waals surface area contributed by atoms with Crippen LogP contribution in [0, 0.1) is 0 Å². The monoisotopic (exact) mass is 1180 g/mol. The third kappa shape index (κ3) is 8.93. The zero-order chi connectivity index (χ0) is 61.3. The van der Waals surface area contributed by atoms with Gasteiger partial charge in [0.05, 0.1) is 38.5 Å². The van der Waals surface area contributed by atoms with Gasteiger partial charge < -0.3 is 14.4 Å². The zero-order valence-electron chi connectivity index (χ0n) is 53.8. The molecule has 0 N–H and O–H groups in total. The molecule has 10 aromatic carbocycles. The summed E-state index contributed by atoms with van der Waals surface area (Å²) in [7, 11) is 0. The first-order valence-corrected chi connectivity index (χ1v) is 33.2. The molecule has 6 heteroatoms. The second-order valence-corrected chi connectivity index (χ2v) is 32.4. The van der Waals surface area contributed by atoms with Crippen LogP contribution in [-0.4, -0.2) is 11.3 Å². The molecule has 15 rings (SSSR count). The fourth-order valence-electron chi connectivity index (χ4n) is 14.2. The minimum absolute atomic E-state index is 0.00796. The Hall–Kier alpha value is -8.16. The maximum absolute atomic E-state index is 2.78. The molecule has 0 radical (unpaired) electrons. The number of thiophene rings is 2. The minimum Gasteiger partial charge on any atom is -0.311 e. The number of para-hydroxylation sites is 2. The lowest BCUT2D eigenvalue weighted by molar-refractivity contribution is 0.589. The van der Waals surface area contributed by atoms with Crippen molar-refractivity contribution in [3.63, 3.8) is 0 Å². The van der Waals surface area contributed by atoms with Crippen LogP contribution < -0.4 is 25.5 Å². The third-order valence-corrected chi connectivity index (χ3v) is 21.6. The van der Waals surface area contributed by atoms with Crippen LogP contribution in [0.4, 0.5) is 34.1 Å². The van der Waals surface area contributed by atoms with Crippen molar-refractivity contribution in [1.82, 2.24) is 4.57 Å². The Labute approximate surface area is 529 Å². The summed E-state index contributed by atoms with van der Waals surface area (Å²) < 4.78 is 7.78. The fourth-order valence-corrected chi connectivity index (χ4v) is 16.7. The molecule has 0 amide bonds. The van der Waals surface area contributed by atoms with Crippen molar-refractivity contribution in [3.8, 4) is 27.9 Å². The molecule has 13 aromatic rings. The summed E-state index contributed by atoms with van der Waals surface area (Å²) in [5.74, 6) is 0. The van der Waals surface area contributed by atoms with E-state index in [9.17, 15) is 0 Å². The van der Waals surface area contributed by atoms with Gasteiger partial charge in [0.15, 0.2) is 0 Å². The molecule has 0 saturated carbocycles. The van der Waals surface area contributed by atoms with Gasteiger partial charge in [-0.25, -0.2) is 0 Å². The Balaban J connectivity index is 1.13. The average molecular weight is 1180 g/mol. The zero-order valence-corrected chi connectivity index (χ0v) is 55.4. The summed E-state index contributed by atoms with van der Waals surface area (Å²) in [5, 5.41) is 6.37. The van der Waals surface area contributed by atoms with E-state index in [1.54, 1.807) is 0 Å². The minimum atomic E-state index is -0.132. The van der Waals surface area contributed by atoms with Gasteiger partial charge in [0.1, 0.15) is 0 Å². The lowest BCUT2D eigenvalue weighted by atomic mass is 9.36. The molecule has 3 aromatic heterocycles. The van der Waals surface area contributed by atoms with Gasteiger partial charge in [0.2, 0.25) is 0 Å². The van der Waals surface area contributed by atoms with Gasteiger partial charge in [0, 0.05) is 69.3 Å². The van der Waals surface area contributed by atoms with E-state index in [4.69, 9.17) is 0 Å². The second kappa shape index (κ2) is 19.7. The lowest BCUT2D eigenvalue weighted by Gasteiger charge is -2.44. The van der Waals surface area contributed by atoms with Crippen molar-refractivity contribution in [2.75, 3.05) is 9.80 Å². The maximum Gasteiger partial charge on any atom is 0.264 e. The van der Waals surface area contributed by atoms with Crippen LogP contribution >= 0.6 is 22.7 Å². The molecule has 0 bridgehead atoms. The highest BCUT2D eigenvalue weighted by molar-refractivity contribution is 7.34. The summed E-state index contributed by atoms with van der Waals surface area (Å²) >= 11 is 3.95. The summed E-state index contributed by atoms with van der Waals surface area (Å²) in [6.07, 6.45) is 0. The van der Waals surface area contributed by atoms with Crippen LogP contribution in [0.3, 0.4) is 0 Å². The standard InChI is InChI=1S/C82H78BN3S2/c1-78(2,3)51-32-28-49(29-33-51)60-44-53(80(7,8)9)36-40-67(60)85-69-42-39-56(84-65-25-19-16-22-57(65)58-23-17-20-26-66(58)84)47-64(69)83-73-70(85)48-62-59-24-18-21-27-71(59)87-76(62)75(73)86(74-63-46-55(82(13,14)15)38-43-72(63)88-77(74)83)68-41-37-54(81(10,11)12)45-61(68)50-30-34-52(35-31-50)79(4,5)6/h16-48H,1-15H3. The van der Waals surface area contributed by atoms with E-state index in [1.165, 1.54) is 152 Å². The molecular formula is C82H78BN3S2. The van der Waals surface area contributed by atoms with E-state index in [1.807, 2.05) is 22.7 Å². The molecule has 0 atom stereocenters. The molecule has 5 heterocycles. The molecule has 2 aliphatic rings. The molecule has 3 nitrogen and oxygen atoms in total. The summed E-state index contributed by atoms with van der Waals surface area (Å²) in [4.78, 5) is 5.47. The van der Waals surface area contributed by atoms with Crippen LogP contribution in [0.2, 0.25) is 0 Å². The summed E-state index contributed by atoms with van der Waals surface area (Å²) in [5.41, 5.74) is 24.8. The number of hydrogen-bond donors (Lipinski definition) is 0. The van der Waals surface area contributed by atoms with Crippen LogP contribution in [0.1, 0.15) is 132 Å². The number of hydrogen-bond acceptors (Lipinski definition) is 4. The second-order valence-electron chi connectivity index (χ2n) is 30.2. The van der Waals surface area contributed by atoms with Crippen LogP contribution in [0.5, 0.6) is 0 Å². The van der Waals surface area contributed by atoms with Gasteiger partial charge in [-0.05, 0) is 156 Å². The number of fused-ring (bicyclic) bond motifs is 13. The molecule has 88 heavy (non-hydrogen) atoms. The van der Waals surface area contributed by atoms with E-state index < -0.39 is 0 Å². The van der Waals surface area contributed by atoms with Crippen molar-refractivity contribution in [1.29, 1.82) is 0 Å². The third-order valence-electron chi connectivity index (χ3n) is 19.2. The molecule has 0 saturated heterocycles. The van der Waals surface area contributed by atoms with Gasteiger partial charge in [-0.2, -0.15) is 0 Å². The van der Waals surface area contributed by atoms with Crippen molar-refractivity contribution >= 4 is 131 Å². The molecule has 0 spiro atoms. The van der Waals surface area contributed by atoms with Crippen molar-refractivity contribution in [3.05, 3.63) is 228 Å². The first kappa shape index (κ1) is 56.4.